The number of piperidine rings is 1. The molecule has 0 saturated carbocycles. The molecule has 7 nitrogen and oxygen atoms in total. The van der Waals surface area contributed by atoms with Crippen molar-refractivity contribution in [2.45, 2.75) is 63.5 Å². The smallest absolute Gasteiger partial charge is 0.270 e. The van der Waals surface area contributed by atoms with Gasteiger partial charge in [-0.2, -0.15) is 0 Å². The monoisotopic (exact) mass is 573 g/mol. The lowest BCUT2D eigenvalue weighted by Gasteiger charge is -2.31. The normalized spacial score (nSPS) is 20.9. The lowest BCUT2D eigenvalue weighted by Crippen LogP contribution is -2.50. The number of aromatic nitrogens is 1. The van der Waals surface area contributed by atoms with E-state index in [9.17, 15) is 9.59 Å². The van der Waals surface area contributed by atoms with Crippen LogP contribution in [0, 0.1) is 0 Å². The Hall–Kier alpha value is -3.07. The topological polar surface area (TPSA) is 77.6 Å². The summed E-state index contributed by atoms with van der Waals surface area (Å²) in [5.41, 5.74) is 2.74. The summed E-state index contributed by atoms with van der Waals surface area (Å²) < 4.78 is 0. The highest BCUT2D eigenvalue weighted by molar-refractivity contribution is 7.13. The molecule has 1 unspecified atom stereocenters. The van der Waals surface area contributed by atoms with Crippen molar-refractivity contribution < 1.29 is 9.59 Å². The fourth-order valence-electron chi connectivity index (χ4n) is 5.98. The van der Waals surface area contributed by atoms with Crippen molar-refractivity contribution in [3.63, 3.8) is 0 Å². The zero-order valence-electron chi connectivity index (χ0n) is 24.1. The Bertz CT molecular complexity index is 1240. The summed E-state index contributed by atoms with van der Waals surface area (Å²) in [6, 6.07) is 20.2. The van der Waals surface area contributed by atoms with Crippen LogP contribution in [0.4, 0.5) is 0 Å². The largest absolute Gasteiger partial charge is 0.349 e. The molecule has 2 saturated heterocycles. The second-order valence-electron chi connectivity index (χ2n) is 11.3. The number of benzene rings is 2. The molecule has 2 fully saturated rings. The van der Waals surface area contributed by atoms with Crippen molar-refractivity contribution in [3.05, 3.63) is 77.3 Å². The summed E-state index contributed by atoms with van der Waals surface area (Å²) in [6.07, 6.45) is 6.35. The van der Waals surface area contributed by atoms with E-state index in [1.54, 1.807) is 0 Å². The van der Waals surface area contributed by atoms with Gasteiger partial charge in [-0.1, -0.05) is 74.0 Å². The van der Waals surface area contributed by atoms with Crippen LogP contribution in [0.2, 0.25) is 0 Å². The fourth-order valence-corrected chi connectivity index (χ4v) is 6.79. The minimum absolute atomic E-state index is 0.0169. The van der Waals surface area contributed by atoms with Gasteiger partial charge < -0.3 is 20.4 Å². The summed E-state index contributed by atoms with van der Waals surface area (Å²) in [6.45, 7) is 7.24. The second-order valence-corrected chi connectivity index (χ2v) is 12.2. The molecule has 2 aromatic carbocycles. The molecule has 1 aromatic heterocycles. The van der Waals surface area contributed by atoms with Crippen molar-refractivity contribution in [2.75, 3.05) is 39.3 Å². The molecule has 41 heavy (non-hydrogen) atoms. The first-order valence-electron chi connectivity index (χ1n) is 15.2. The van der Waals surface area contributed by atoms with Crippen molar-refractivity contribution in [2.24, 2.45) is 0 Å². The minimum atomic E-state index is -0.251. The van der Waals surface area contributed by atoms with E-state index < -0.39 is 0 Å². The number of nitrogens with zero attached hydrogens (tertiary/aromatic N) is 3. The first-order chi connectivity index (χ1) is 20.1. The third-order valence-corrected chi connectivity index (χ3v) is 9.34. The predicted octanol–water partition coefficient (Wildman–Crippen LogP) is 5.17. The molecule has 2 aliphatic heterocycles. The summed E-state index contributed by atoms with van der Waals surface area (Å²) >= 11 is 1.48. The molecule has 218 valence electrons. The SMILES string of the molecule is CCC(CN1CC[C@@H](CNC(=O)c2csc(-c3ccccc3)n2)N[C@@H](CCN2CCCCC2)C1=O)c1ccccc1. The second kappa shape index (κ2) is 14.7. The van der Waals surface area contributed by atoms with Crippen LogP contribution in [-0.4, -0.2) is 78.0 Å². The summed E-state index contributed by atoms with van der Waals surface area (Å²) in [5.74, 6) is 0.331. The Labute approximate surface area is 248 Å². The lowest BCUT2D eigenvalue weighted by molar-refractivity contribution is -0.133. The van der Waals surface area contributed by atoms with Gasteiger partial charge >= 0.3 is 0 Å². The van der Waals surface area contributed by atoms with Crippen LogP contribution in [0.5, 0.6) is 0 Å². The molecule has 0 bridgehead atoms. The number of thiazole rings is 1. The lowest BCUT2D eigenvalue weighted by atomic mass is 9.95. The number of carbonyl (C=O) groups is 2. The van der Waals surface area contributed by atoms with E-state index in [4.69, 9.17) is 0 Å². The van der Waals surface area contributed by atoms with Gasteiger partial charge in [0.05, 0.1) is 6.04 Å². The maximum Gasteiger partial charge on any atom is 0.270 e. The molecule has 0 radical (unpaired) electrons. The zero-order valence-corrected chi connectivity index (χ0v) is 25.0. The van der Waals surface area contributed by atoms with E-state index >= 15 is 0 Å². The Morgan fingerprint density at radius 3 is 2.51 bits per heavy atom. The van der Waals surface area contributed by atoms with Gasteiger partial charge in [-0.15, -0.1) is 11.3 Å². The molecule has 0 spiro atoms. The summed E-state index contributed by atoms with van der Waals surface area (Å²) in [5, 5.41) is 9.41. The van der Waals surface area contributed by atoms with Gasteiger partial charge in [-0.3, -0.25) is 9.59 Å². The van der Waals surface area contributed by atoms with Crippen LogP contribution in [0.25, 0.3) is 10.6 Å². The van der Waals surface area contributed by atoms with Crippen LogP contribution < -0.4 is 10.6 Å². The number of hydrogen-bond donors (Lipinski definition) is 2. The van der Waals surface area contributed by atoms with E-state index in [1.165, 1.54) is 36.2 Å². The van der Waals surface area contributed by atoms with Crippen LogP contribution in [-0.2, 0) is 4.79 Å². The average Bonchev–Trinajstić information content (AvgIpc) is 3.48. The maximum absolute atomic E-state index is 13.9. The number of nitrogens with one attached hydrogen (secondary N) is 2. The summed E-state index contributed by atoms with van der Waals surface area (Å²) in [7, 11) is 0. The Balaban J connectivity index is 1.23. The van der Waals surface area contributed by atoms with Gasteiger partial charge in [-0.25, -0.2) is 4.98 Å². The van der Waals surface area contributed by atoms with Gasteiger partial charge in [-0.05, 0) is 50.8 Å². The first-order valence-corrected chi connectivity index (χ1v) is 16.1. The number of rotatable bonds is 11. The van der Waals surface area contributed by atoms with Crippen molar-refractivity contribution in [1.29, 1.82) is 0 Å². The molecule has 5 rings (SSSR count). The predicted molar refractivity (Wildman–Crippen MR) is 166 cm³/mol. The van der Waals surface area contributed by atoms with Crippen LogP contribution in [0.1, 0.15) is 67.4 Å². The van der Waals surface area contributed by atoms with Gasteiger partial charge in [0.25, 0.3) is 5.91 Å². The molecular weight excluding hydrogens is 530 g/mol. The number of likely N-dealkylation sites (tertiary alicyclic amines) is 1. The van der Waals surface area contributed by atoms with E-state index in [0.717, 1.165) is 56.0 Å². The van der Waals surface area contributed by atoms with E-state index in [1.807, 2.05) is 41.8 Å². The number of carbonyl (C=O) groups excluding carboxylic acids is 2. The van der Waals surface area contributed by atoms with Crippen LogP contribution in [0.3, 0.4) is 0 Å². The Kier molecular flexibility index (Phi) is 10.6. The van der Waals surface area contributed by atoms with Crippen LogP contribution in [0.15, 0.2) is 66.0 Å². The highest BCUT2D eigenvalue weighted by atomic mass is 32.1. The molecule has 2 N–H and O–H groups in total. The molecule has 3 aromatic rings. The summed E-state index contributed by atoms with van der Waals surface area (Å²) in [4.78, 5) is 36.1. The van der Waals surface area contributed by atoms with Crippen molar-refractivity contribution in [3.8, 4) is 10.6 Å². The van der Waals surface area contributed by atoms with Crippen LogP contribution >= 0.6 is 11.3 Å². The fraction of sp³-hybridized carbons (Fsp3) is 0.485. The van der Waals surface area contributed by atoms with Crippen molar-refractivity contribution >= 4 is 23.2 Å². The third-order valence-electron chi connectivity index (χ3n) is 8.45. The van der Waals surface area contributed by atoms with Gasteiger partial charge in [0.15, 0.2) is 0 Å². The average molecular weight is 574 g/mol. The maximum atomic E-state index is 13.9. The Morgan fingerprint density at radius 1 is 1.05 bits per heavy atom. The van der Waals surface area contributed by atoms with Crippen molar-refractivity contribution in [1.82, 2.24) is 25.4 Å². The standard InChI is InChI=1S/C33H43N5O2S/c1-2-25(26-12-6-3-7-13-26)23-38-21-16-28(35-29(33(38)40)17-20-37-18-10-5-11-19-37)22-34-31(39)30-24-41-32(36-30)27-14-8-4-9-15-27/h3-4,6-9,12-15,24-25,28-29,35H,2,5,10-11,16-23H2,1H3,(H,34,39)/t25?,28-,29-/m0/s1. The zero-order chi connectivity index (χ0) is 28.4. The molecule has 3 heterocycles. The molecule has 0 aliphatic carbocycles. The third kappa shape index (κ3) is 8.03. The molecule has 2 amide bonds. The quantitative estimate of drug-likeness (QED) is 0.331. The molecule has 2 aliphatic rings. The van der Waals surface area contributed by atoms with Gasteiger partial charge in [0, 0.05) is 49.1 Å². The molecular formula is C33H43N5O2S. The Morgan fingerprint density at radius 2 is 1.78 bits per heavy atom. The minimum Gasteiger partial charge on any atom is -0.349 e. The highest BCUT2D eigenvalue weighted by Crippen LogP contribution is 2.24. The highest BCUT2D eigenvalue weighted by Gasteiger charge is 2.32. The molecule has 3 atom stereocenters. The van der Waals surface area contributed by atoms with Gasteiger partial charge in [0.1, 0.15) is 10.7 Å². The number of hydrogen-bond acceptors (Lipinski definition) is 6. The van der Waals surface area contributed by atoms with E-state index in [-0.39, 0.29) is 23.9 Å². The van der Waals surface area contributed by atoms with Gasteiger partial charge in [0.2, 0.25) is 5.91 Å². The first kappa shape index (κ1) is 29.4. The van der Waals surface area contributed by atoms with E-state index in [2.05, 4.69) is 56.6 Å². The molecule has 8 heteroatoms. The van der Waals surface area contributed by atoms with E-state index in [0.29, 0.717) is 24.7 Å². The number of amides is 2.